The summed E-state index contributed by atoms with van der Waals surface area (Å²) >= 11 is 0. The standard InChI is InChI=1S/C20H21N5O3/c1-12(2)22-18-5-7-21-20(23-18)25-8-6-15-14(10-25)19(24-28-15)13-3-4-16-17(9-13)27-11-26-16/h3-5,7,9,12H,6,8,10-11H2,1-2H3,(H,21,22,23). The fraction of sp³-hybridized carbons (Fsp3) is 0.350. The first-order valence-corrected chi connectivity index (χ1v) is 9.39. The molecule has 8 nitrogen and oxygen atoms in total. The molecule has 0 amide bonds. The van der Waals surface area contributed by atoms with E-state index in [9.17, 15) is 0 Å². The fourth-order valence-corrected chi connectivity index (χ4v) is 3.53. The second-order valence-corrected chi connectivity index (χ2v) is 7.21. The molecule has 0 fully saturated rings. The number of benzene rings is 1. The third kappa shape index (κ3) is 3.00. The lowest BCUT2D eigenvalue weighted by Gasteiger charge is -2.26. The molecule has 0 bridgehead atoms. The fourth-order valence-electron chi connectivity index (χ4n) is 3.53. The molecule has 0 spiro atoms. The summed E-state index contributed by atoms with van der Waals surface area (Å²) in [6, 6.07) is 8.03. The van der Waals surface area contributed by atoms with Crippen LogP contribution < -0.4 is 19.7 Å². The second-order valence-electron chi connectivity index (χ2n) is 7.21. The van der Waals surface area contributed by atoms with Crippen LogP contribution in [-0.2, 0) is 13.0 Å². The lowest BCUT2D eigenvalue weighted by atomic mass is 10.0. The van der Waals surface area contributed by atoms with E-state index in [4.69, 9.17) is 14.0 Å². The van der Waals surface area contributed by atoms with E-state index in [0.29, 0.717) is 18.5 Å². The molecule has 0 saturated heterocycles. The number of nitrogens with zero attached hydrogens (tertiary/aromatic N) is 4. The number of fused-ring (bicyclic) bond motifs is 2. The maximum atomic E-state index is 5.62. The topological polar surface area (TPSA) is 85.5 Å². The SMILES string of the molecule is CC(C)Nc1ccnc(N2CCc3onc(-c4ccc5c(c4)OCO5)c3C2)n1. The molecule has 2 aliphatic rings. The molecule has 0 aliphatic carbocycles. The molecule has 8 heteroatoms. The molecule has 1 N–H and O–H groups in total. The number of aromatic nitrogens is 3. The van der Waals surface area contributed by atoms with E-state index in [0.717, 1.165) is 52.9 Å². The number of nitrogens with one attached hydrogen (secondary N) is 1. The highest BCUT2D eigenvalue weighted by molar-refractivity contribution is 5.68. The molecule has 2 aliphatic heterocycles. The van der Waals surface area contributed by atoms with E-state index >= 15 is 0 Å². The Morgan fingerprint density at radius 2 is 2.04 bits per heavy atom. The van der Waals surface area contributed by atoms with E-state index in [-0.39, 0.29) is 6.79 Å². The molecule has 2 aromatic heterocycles. The van der Waals surface area contributed by atoms with Crippen molar-refractivity contribution in [3.05, 3.63) is 41.8 Å². The molecule has 28 heavy (non-hydrogen) atoms. The van der Waals surface area contributed by atoms with Crippen LogP contribution in [0.4, 0.5) is 11.8 Å². The third-order valence-corrected chi connectivity index (χ3v) is 4.84. The Kier molecular flexibility index (Phi) is 4.03. The van der Waals surface area contributed by atoms with Gasteiger partial charge in [-0.05, 0) is 38.1 Å². The zero-order valence-electron chi connectivity index (χ0n) is 15.8. The van der Waals surface area contributed by atoms with Gasteiger partial charge in [-0.25, -0.2) is 4.98 Å². The average Bonchev–Trinajstić information content (AvgIpc) is 3.33. The highest BCUT2D eigenvalue weighted by Gasteiger charge is 2.27. The predicted octanol–water partition coefficient (Wildman–Crippen LogP) is 3.24. The molecule has 144 valence electrons. The van der Waals surface area contributed by atoms with E-state index < -0.39 is 0 Å². The average molecular weight is 379 g/mol. The molecule has 0 saturated carbocycles. The predicted molar refractivity (Wildman–Crippen MR) is 104 cm³/mol. The van der Waals surface area contributed by atoms with Crippen LogP contribution in [0.25, 0.3) is 11.3 Å². The van der Waals surface area contributed by atoms with Gasteiger partial charge >= 0.3 is 0 Å². The largest absolute Gasteiger partial charge is 0.454 e. The molecule has 0 unspecified atom stereocenters. The molecule has 5 rings (SSSR count). The first kappa shape index (κ1) is 16.9. The van der Waals surface area contributed by atoms with Crippen molar-refractivity contribution in [3.8, 4) is 22.8 Å². The highest BCUT2D eigenvalue weighted by Crippen LogP contribution is 2.38. The first-order chi connectivity index (χ1) is 13.7. The summed E-state index contributed by atoms with van der Waals surface area (Å²) in [5.41, 5.74) is 2.85. The summed E-state index contributed by atoms with van der Waals surface area (Å²) in [4.78, 5) is 11.3. The van der Waals surface area contributed by atoms with E-state index in [1.807, 2.05) is 24.3 Å². The van der Waals surface area contributed by atoms with Gasteiger partial charge in [-0.1, -0.05) is 5.16 Å². The molecule has 4 heterocycles. The summed E-state index contributed by atoms with van der Waals surface area (Å²) in [6.45, 7) is 5.86. The molecular weight excluding hydrogens is 358 g/mol. The van der Waals surface area contributed by atoms with Gasteiger partial charge in [-0.15, -0.1) is 0 Å². The van der Waals surface area contributed by atoms with Gasteiger partial charge in [0.05, 0.1) is 6.54 Å². The van der Waals surface area contributed by atoms with E-state index in [2.05, 4.69) is 39.2 Å². The van der Waals surface area contributed by atoms with Crippen molar-refractivity contribution in [2.45, 2.75) is 32.9 Å². The quantitative estimate of drug-likeness (QED) is 0.739. The van der Waals surface area contributed by atoms with Gasteiger partial charge in [-0.2, -0.15) is 4.98 Å². The Bertz CT molecular complexity index is 1020. The van der Waals surface area contributed by atoms with Gasteiger partial charge < -0.3 is 24.2 Å². The van der Waals surface area contributed by atoms with Crippen LogP contribution in [0.5, 0.6) is 11.5 Å². The lowest BCUT2D eigenvalue weighted by molar-refractivity contribution is 0.174. The molecule has 3 aromatic rings. The van der Waals surface area contributed by atoms with Gasteiger partial charge in [0.15, 0.2) is 11.5 Å². The summed E-state index contributed by atoms with van der Waals surface area (Å²) in [7, 11) is 0. The Hall–Kier alpha value is -3.29. The lowest BCUT2D eigenvalue weighted by Crippen LogP contribution is -2.31. The van der Waals surface area contributed by atoms with Crippen LogP contribution in [-0.4, -0.2) is 34.5 Å². The minimum atomic E-state index is 0.252. The Morgan fingerprint density at radius 3 is 2.93 bits per heavy atom. The van der Waals surface area contributed by atoms with Crippen molar-refractivity contribution in [2.75, 3.05) is 23.6 Å². The zero-order chi connectivity index (χ0) is 19.1. The van der Waals surface area contributed by atoms with E-state index in [1.54, 1.807) is 6.20 Å². The number of rotatable bonds is 4. The number of hydrogen-bond acceptors (Lipinski definition) is 8. The van der Waals surface area contributed by atoms with Crippen LogP contribution in [0.15, 0.2) is 35.0 Å². The summed E-state index contributed by atoms with van der Waals surface area (Å²) in [5, 5.41) is 7.65. The minimum Gasteiger partial charge on any atom is -0.454 e. The van der Waals surface area contributed by atoms with Crippen molar-refractivity contribution < 1.29 is 14.0 Å². The summed E-state index contributed by atoms with van der Waals surface area (Å²) in [6.07, 6.45) is 2.55. The summed E-state index contributed by atoms with van der Waals surface area (Å²) < 4.78 is 16.5. The number of anilines is 2. The van der Waals surface area contributed by atoms with Crippen molar-refractivity contribution >= 4 is 11.8 Å². The van der Waals surface area contributed by atoms with Crippen LogP contribution in [0, 0.1) is 0 Å². The zero-order valence-corrected chi connectivity index (χ0v) is 15.8. The molecule has 0 atom stereocenters. The maximum Gasteiger partial charge on any atom is 0.231 e. The monoisotopic (exact) mass is 379 g/mol. The molecule has 0 radical (unpaired) electrons. The van der Waals surface area contributed by atoms with Crippen molar-refractivity contribution in [2.24, 2.45) is 0 Å². The van der Waals surface area contributed by atoms with Gasteiger partial charge in [0.25, 0.3) is 0 Å². The Morgan fingerprint density at radius 1 is 1.14 bits per heavy atom. The van der Waals surface area contributed by atoms with Crippen LogP contribution >= 0.6 is 0 Å². The normalized spacial score (nSPS) is 15.0. The van der Waals surface area contributed by atoms with Crippen molar-refractivity contribution in [3.63, 3.8) is 0 Å². The van der Waals surface area contributed by atoms with Crippen LogP contribution in [0.2, 0.25) is 0 Å². The Labute approximate surface area is 162 Å². The third-order valence-electron chi connectivity index (χ3n) is 4.84. The van der Waals surface area contributed by atoms with Gasteiger partial charge in [-0.3, -0.25) is 0 Å². The van der Waals surface area contributed by atoms with E-state index in [1.165, 1.54) is 0 Å². The highest BCUT2D eigenvalue weighted by atomic mass is 16.7. The van der Waals surface area contributed by atoms with Gasteiger partial charge in [0.1, 0.15) is 17.3 Å². The number of hydrogen-bond donors (Lipinski definition) is 1. The smallest absolute Gasteiger partial charge is 0.231 e. The second kappa shape index (κ2) is 6.70. The first-order valence-electron chi connectivity index (χ1n) is 9.39. The van der Waals surface area contributed by atoms with Crippen molar-refractivity contribution in [1.82, 2.24) is 15.1 Å². The van der Waals surface area contributed by atoms with Crippen molar-refractivity contribution in [1.29, 1.82) is 0 Å². The minimum absolute atomic E-state index is 0.252. The maximum absolute atomic E-state index is 5.62. The Balaban J connectivity index is 1.44. The molecular formula is C20H21N5O3. The molecule has 1 aromatic carbocycles. The number of ether oxygens (including phenoxy) is 2. The van der Waals surface area contributed by atoms with Gasteiger partial charge in [0, 0.05) is 36.3 Å². The van der Waals surface area contributed by atoms with Gasteiger partial charge in [0.2, 0.25) is 12.7 Å². The van der Waals surface area contributed by atoms with Crippen LogP contribution in [0.1, 0.15) is 25.2 Å². The summed E-state index contributed by atoms with van der Waals surface area (Å²) in [5.74, 6) is 3.94. The van der Waals surface area contributed by atoms with Crippen LogP contribution in [0.3, 0.4) is 0 Å².